The van der Waals surface area contributed by atoms with Gasteiger partial charge in [-0.2, -0.15) is 0 Å². The summed E-state index contributed by atoms with van der Waals surface area (Å²) in [4.78, 5) is 12.5. The maximum Gasteiger partial charge on any atom is 0.261 e. The van der Waals surface area contributed by atoms with Gasteiger partial charge in [0.25, 0.3) is 5.91 Å². The van der Waals surface area contributed by atoms with E-state index in [9.17, 15) is 9.90 Å². The third-order valence-electron chi connectivity index (χ3n) is 4.18. The van der Waals surface area contributed by atoms with Crippen molar-refractivity contribution in [2.24, 2.45) is 5.41 Å². The standard InChI is InChI=1S/C14H21NO3S/c1-4-18-11-8-14(17,13(11,2)3)9-15-12(16)10-6-5-7-19-10/h5-7,11,17H,4,8-9H2,1-3H3,(H,15,16). The van der Waals surface area contributed by atoms with Crippen molar-refractivity contribution in [1.29, 1.82) is 0 Å². The molecule has 19 heavy (non-hydrogen) atoms. The number of thiophene rings is 1. The van der Waals surface area contributed by atoms with Crippen LogP contribution in [0.1, 0.15) is 36.9 Å². The van der Waals surface area contributed by atoms with Gasteiger partial charge in [0, 0.05) is 25.0 Å². The molecular formula is C14H21NO3S. The number of carbonyl (C=O) groups excluding carboxylic acids is 1. The first-order valence-corrected chi connectivity index (χ1v) is 7.44. The minimum Gasteiger partial charge on any atom is -0.387 e. The molecule has 1 heterocycles. The largest absolute Gasteiger partial charge is 0.387 e. The molecule has 0 aliphatic heterocycles. The summed E-state index contributed by atoms with van der Waals surface area (Å²) in [5.41, 5.74) is -1.23. The zero-order chi connectivity index (χ0) is 14.1. The summed E-state index contributed by atoms with van der Waals surface area (Å²) in [5, 5.41) is 15.3. The molecule has 5 heteroatoms. The number of nitrogens with one attached hydrogen (secondary N) is 1. The summed E-state index contributed by atoms with van der Waals surface area (Å²) in [6.07, 6.45) is 0.625. The number of hydrogen-bond acceptors (Lipinski definition) is 4. The fourth-order valence-electron chi connectivity index (χ4n) is 2.48. The number of rotatable bonds is 5. The second-order valence-corrected chi connectivity index (χ2v) is 6.51. The molecule has 0 aromatic carbocycles. The maximum atomic E-state index is 11.9. The number of ether oxygens (including phenoxy) is 1. The van der Waals surface area contributed by atoms with Crippen LogP contribution in [0, 0.1) is 5.41 Å². The Kier molecular flexibility index (Phi) is 3.99. The van der Waals surface area contributed by atoms with Gasteiger partial charge in [-0.3, -0.25) is 4.79 Å². The van der Waals surface area contributed by atoms with Crippen LogP contribution in [0.15, 0.2) is 17.5 Å². The van der Waals surface area contributed by atoms with Gasteiger partial charge >= 0.3 is 0 Å². The van der Waals surface area contributed by atoms with Crippen molar-refractivity contribution in [3.8, 4) is 0 Å². The topological polar surface area (TPSA) is 58.6 Å². The van der Waals surface area contributed by atoms with Gasteiger partial charge in [0.1, 0.15) is 0 Å². The Morgan fingerprint density at radius 1 is 1.63 bits per heavy atom. The highest BCUT2D eigenvalue weighted by Crippen LogP contribution is 2.50. The molecule has 0 spiro atoms. The van der Waals surface area contributed by atoms with Gasteiger partial charge in [-0.15, -0.1) is 11.3 Å². The summed E-state index contributed by atoms with van der Waals surface area (Å²) in [5.74, 6) is -0.126. The molecule has 2 unspecified atom stereocenters. The van der Waals surface area contributed by atoms with E-state index in [1.807, 2.05) is 32.2 Å². The molecule has 1 amide bonds. The van der Waals surface area contributed by atoms with Crippen LogP contribution in [0.2, 0.25) is 0 Å². The first kappa shape index (κ1) is 14.5. The van der Waals surface area contributed by atoms with E-state index in [-0.39, 0.29) is 24.0 Å². The molecule has 1 aliphatic carbocycles. The van der Waals surface area contributed by atoms with Gasteiger partial charge < -0.3 is 15.2 Å². The van der Waals surface area contributed by atoms with Crippen LogP contribution in [-0.2, 0) is 4.74 Å². The predicted octanol–water partition coefficient (Wildman–Crippen LogP) is 2.04. The van der Waals surface area contributed by atoms with E-state index in [1.165, 1.54) is 11.3 Å². The number of aliphatic hydroxyl groups is 1. The fraction of sp³-hybridized carbons (Fsp3) is 0.643. The van der Waals surface area contributed by atoms with E-state index in [0.717, 1.165) is 0 Å². The van der Waals surface area contributed by atoms with Crippen molar-refractivity contribution in [3.05, 3.63) is 22.4 Å². The van der Waals surface area contributed by atoms with Crippen molar-refractivity contribution in [2.75, 3.05) is 13.2 Å². The highest BCUT2D eigenvalue weighted by atomic mass is 32.1. The van der Waals surface area contributed by atoms with Crippen molar-refractivity contribution >= 4 is 17.2 Å². The van der Waals surface area contributed by atoms with Crippen LogP contribution < -0.4 is 5.32 Å². The molecule has 1 saturated carbocycles. The number of amides is 1. The Morgan fingerprint density at radius 2 is 2.37 bits per heavy atom. The molecule has 106 valence electrons. The Labute approximate surface area is 117 Å². The van der Waals surface area contributed by atoms with Crippen molar-refractivity contribution in [3.63, 3.8) is 0 Å². The lowest BCUT2D eigenvalue weighted by Crippen LogP contribution is -2.68. The van der Waals surface area contributed by atoms with Crippen LogP contribution in [0.4, 0.5) is 0 Å². The lowest BCUT2D eigenvalue weighted by Gasteiger charge is -2.57. The second-order valence-electron chi connectivity index (χ2n) is 5.56. The monoisotopic (exact) mass is 283 g/mol. The Hall–Kier alpha value is -0.910. The molecule has 0 saturated heterocycles. The second kappa shape index (κ2) is 5.23. The van der Waals surface area contributed by atoms with Crippen molar-refractivity contribution < 1.29 is 14.6 Å². The highest BCUT2D eigenvalue weighted by Gasteiger charge is 2.59. The van der Waals surface area contributed by atoms with E-state index in [0.29, 0.717) is 17.9 Å². The van der Waals surface area contributed by atoms with Crippen LogP contribution in [-0.4, -0.2) is 35.9 Å². The van der Waals surface area contributed by atoms with Crippen molar-refractivity contribution in [1.82, 2.24) is 5.32 Å². The van der Waals surface area contributed by atoms with Gasteiger partial charge in [-0.1, -0.05) is 19.9 Å². The average molecular weight is 283 g/mol. The summed E-state index contributed by atoms with van der Waals surface area (Å²) < 4.78 is 5.60. The maximum absolute atomic E-state index is 11.9. The SMILES string of the molecule is CCOC1CC(O)(CNC(=O)c2cccs2)C1(C)C. The zero-order valence-electron chi connectivity index (χ0n) is 11.6. The van der Waals surface area contributed by atoms with Gasteiger partial charge in [0.05, 0.1) is 16.6 Å². The average Bonchev–Trinajstić information content (AvgIpc) is 2.89. The highest BCUT2D eigenvalue weighted by molar-refractivity contribution is 7.12. The first-order chi connectivity index (χ1) is 8.90. The Bertz CT molecular complexity index is 444. The molecular weight excluding hydrogens is 262 g/mol. The van der Waals surface area contributed by atoms with E-state index in [2.05, 4.69) is 5.32 Å². The van der Waals surface area contributed by atoms with E-state index >= 15 is 0 Å². The molecule has 0 radical (unpaired) electrons. The molecule has 0 bridgehead atoms. The number of hydrogen-bond donors (Lipinski definition) is 2. The minimum atomic E-state index is -0.889. The van der Waals surface area contributed by atoms with Gasteiger partial charge in [-0.05, 0) is 18.4 Å². The zero-order valence-corrected chi connectivity index (χ0v) is 12.4. The summed E-state index contributed by atoms with van der Waals surface area (Å²) in [7, 11) is 0. The molecule has 1 aromatic heterocycles. The van der Waals surface area contributed by atoms with Gasteiger partial charge in [0.15, 0.2) is 0 Å². The molecule has 1 aromatic rings. The first-order valence-electron chi connectivity index (χ1n) is 6.56. The van der Waals surface area contributed by atoms with Gasteiger partial charge in [-0.25, -0.2) is 0 Å². The molecule has 1 aliphatic rings. The molecule has 1 fully saturated rings. The normalized spacial score (nSPS) is 28.7. The fourth-order valence-corrected chi connectivity index (χ4v) is 3.12. The summed E-state index contributed by atoms with van der Waals surface area (Å²) in [6.45, 7) is 6.82. The van der Waals surface area contributed by atoms with Crippen LogP contribution in [0.5, 0.6) is 0 Å². The van der Waals surface area contributed by atoms with E-state index in [1.54, 1.807) is 6.07 Å². The predicted molar refractivity (Wildman–Crippen MR) is 75.4 cm³/mol. The van der Waals surface area contributed by atoms with Crippen molar-refractivity contribution in [2.45, 2.75) is 38.9 Å². The van der Waals surface area contributed by atoms with Crippen LogP contribution in [0.3, 0.4) is 0 Å². The number of carbonyl (C=O) groups is 1. The van der Waals surface area contributed by atoms with E-state index < -0.39 is 5.60 Å². The smallest absolute Gasteiger partial charge is 0.261 e. The van der Waals surface area contributed by atoms with Gasteiger partial charge in [0.2, 0.25) is 0 Å². The van der Waals surface area contributed by atoms with Crippen LogP contribution >= 0.6 is 11.3 Å². The lowest BCUT2D eigenvalue weighted by molar-refractivity contribution is -0.237. The summed E-state index contributed by atoms with van der Waals surface area (Å²) >= 11 is 1.40. The quantitative estimate of drug-likeness (QED) is 0.869. The molecule has 4 nitrogen and oxygen atoms in total. The Morgan fingerprint density at radius 3 is 2.89 bits per heavy atom. The molecule has 2 atom stereocenters. The Balaban J connectivity index is 1.91. The molecule has 2 rings (SSSR count). The minimum absolute atomic E-state index is 0.0566. The molecule has 2 N–H and O–H groups in total. The summed E-state index contributed by atoms with van der Waals surface area (Å²) in [6, 6.07) is 3.62. The van der Waals surface area contributed by atoms with Crippen LogP contribution in [0.25, 0.3) is 0 Å². The third-order valence-corrected chi connectivity index (χ3v) is 5.05. The lowest BCUT2D eigenvalue weighted by atomic mass is 9.56. The third kappa shape index (κ3) is 2.55. The van der Waals surface area contributed by atoms with E-state index in [4.69, 9.17) is 4.74 Å².